The summed E-state index contributed by atoms with van der Waals surface area (Å²) < 4.78 is 27.5. The number of hydrogen-bond acceptors (Lipinski definition) is 3. The Morgan fingerprint density at radius 2 is 1.82 bits per heavy atom. The Kier molecular flexibility index (Phi) is 5.21. The number of carbonyl (C=O) groups excluding carboxylic acids is 1. The van der Waals surface area contributed by atoms with E-state index in [1.54, 1.807) is 12.1 Å². The summed E-state index contributed by atoms with van der Waals surface area (Å²) in [6.07, 6.45) is 2.21. The van der Waals surface area contributed by atoms with Crippen molar-refractivity contribution in [3.63, 3.8) is 0 Å². The van der Waals surface area contributed by atoms with Gasteiger partial charge in [0.25, 0.3) is 0 Å². The number of fused-ring (bicyclic) bond motifs is 1. The summed E-state index contributed by atoms with van der Waals surface area (Å²) in [6.45, 7) is 2.69. The third kappa shape index (κ3) is 3.45. The van der Waals surface area contributed by atoms with Crippen molar-refractivity contribution in [2.24, 2.45) is 5.92 Å². The standard InChI is InChI=1S/C21H23ClN2O3S/c1-15-13-16-5-2-3-7-20(16)24(15)21(25)17-6-4-12-23(14-17)28(26,27)19-10-8-18(22)9-11-19/h2-3,5,7-11,15,17H,4,6,12-14H2,1H3/t15-,17+/m1/s1. The minimum Gasteiger partial charge on any atom is -0.309 e. The number of hydrogen-bond donors (Lipinski definition) is 0. The van der Waals surface area contributed by atoms with Crippen LogP contribution in [0.4, 0.5) is 5.69 Å². The van der Waals surface area contributed by atoms with E-state index < -0.39 is 10.0 Å². The summed E-state index contributed by atoms with van der Waals surface area (Å²) in [5, 5.41) is 0.493. The van der Waals surface area contributed by atoms with Gasteiger partial charge in [-0.1, -0.05) is 29.8 Å². The lowest BCUT2D eigenvalue weighted by molar-refractivity contribution is -0.123. The Balaban J connectivity index is 1.56. The molecule has 2 heterocycles. The predicted octanol–water partition coefficient (Wildman–Crippen LogP) is 3.72. The molecule has 0 bridgehead atoms. The van der Waals surface area contributed by atoms with Crippen LogP contribution in [0.1, 0.15) is 25.3 Å². The number of nitrogens with zero attached hydrogens (tertiary/aromatic N) is 2. The lowest BCUT2D eigenvalue weighted by Crippen LogP contribution is -2.48. The molecule has 0 radical (unpaired) electrons. The van der Waals surface area contributed by atoms with E-state index in [2.05, 4.69) is 6.07 Å². The quantitative estimate of drug-likeness (QED) is 0.763. The second kappa shape index (κ2) is 7.50. The zero-order valence-electron chi connectivity index (χ0n) is 15.7. The van der Waals surface area contributed by atoms with E-state index in [4.69, 9.17) is 11.6 Å². The van der Waals surface area contributed by atoms with Crippen LogP contribution in [0.3, 0.4) is 0 Å². The van der Waals surface area contributed by atoms with Crippen LogP contribution in [0.5, 0.6) is 0 Å². The predicted molar refractivity (Wildman–Crippen MR) is 110 cm³/mol. The number of anilines is 1. The number of halogens is 1. The second-order valence-electron chi connectivity index (χ2n) is 7.55. The lowest BCUT2D eigenvalue weighted by atomic mass is 9.97. The van der Waals surface area contributed by atoms with Crippen molar-refractivity contribution in [1.29, 1.82) is 0 Å². The summed E-state index contributed by atoms with van der Waals surface area (Å²) >= 11 is 5.88. The van der Waals surface area contributed by atoms with Crippen LogP contribution in [0, 0.1) is 5.92 Å². The van der Waals surface area contributed by atoms with Gasteiger partial charge in [-0.2, -0.15) is 4.31 Å². The average molecular weight is 419 g/mol. The van der Waals surface area contributed by atoms with Crippen LogP contribution in [-0.2, 0) is 21.2 Å². The maximum Gasteiger partial charge on any atom is 0.243 e. The van der Waals surface area contributed by atoms with E-state index in [1.807, 2.05) is 30.0 Å². The highest BCUT2D eigenvalue weighted by Crippen LogP contribution is 2.35. The highest BCUT2D eigenvalue weighted by molar-refractivity contribution is 7.89. The molecule has 148 valence electrons. The van der Waals surface area contributed by atoms with E-state index in [9.17, 15) is 13.2 Å². The van der Waals surface area contributed by atoms with Crippen molar-refractivity contribution in [2.45, 2.75) is 37.1 Å². The molecule has 0 spiro atoms. The van der Waals surface area contributed by atoms with Crippen molar-refractivity contribution in [1.82, 2.24) is 4.31 Å². The van der Waals surface area contributed by atoms with E-state index in [0.717, 1.165) is 12.1 Å². The zero-order valence-corrected chi connectivity index (χ0v) is 17.3. The van der Waals surface area contributed by atoms with Crippen molar-refractivity contribution in [3.05, 3.63) is 59.1 Å². The average Bonchev–Trinajstić information content (AvgIpc) is 3.03. The van der Waals surface area contributed by atoms with Gasteiger partial charge in [0.1, 0.15) is 0 Å². The molecule has 1 saturated heterocycles. The summed E-state index contributed by atoms with van der Waals surface area (Å²) in [7, 11) is -3.64. The number of sulfonamides is 1. The SMILES string of the molecule is C[C@@H]1Cc2ccccc2N1C(=O)[C@H]1CCCN(S(=O)(=O)c2ccc(Cl)cc2)C1. The summed E-state index contributed by atoms with van der Waals surface area (Å²) in [6, 6.07) is 14.2. The number of para-hydroxylation sites is 1. The monoisotopic (exact) mass is 418 g/mol. The van der Waals surface area contributed by atoms with Gasteiger partial charge in [0, 0.05) is 29.8 Å². The van der Waals surface area contributed by atoms with Crippen molar-refractivity contribution in [2.75, 3.05) is 18.0 Å². The molecule has 28 heavy (non-hydrogen) atoms. The Bertz CT molecular complexity index is 991. The van der Waals surface area contributed by atoms with Gasteiger partial charge in [-0.3, -0.25) is 4.79 Å². The van der Waals surface area contributed by atoms with Gasteiger partial charge in [-0.05, 0) is 62.1 Å². The molecule has 0 saturated carbocycles. The first-order chi connectivity index (χ1) is 13.4. The highest BCUT2D eigenvalue weighted by Gasteiger charge is 2.39. The first-order valence-corrected chi connectivity index (χ1v) is 11.4. The zero-order chi connectivity index (χ0) is 19.9. The van der Waals surface area contributed by atoms with Gasteiger partial charge in [0.2, 0.25) is 15.9 Å². The van der Waals surface area contributed by atoms with E-state index in [-0.39, 0.29) is 29.3 Å². The molecular formula is C21H23ClN2O3S. The lowest BCUT2D eigenvalue weighted by Gasteiger charge is -2.34. The van der Waals surface area contributed by atoms with E-state index >= 15 is 0 Å². The van der Waals surface area contributed by atoms with E-state index in [0.29, 0.717) is 24.4 Å². The second-order valence-corrected chi connectivity index (χ2v) is 9.92. The topological polar surface area (TPSA) is 57.7 Å². The molecule has 2 aliphatic heterocycles. The molecule has 5 nitrogen and oxygen atoms in total. The first kappa shape index (κ1) is 19.4. The molecule has 0 aromatic heterocycles. The molecule has 2 aromatic carbocycles. The molecule has 2 aromatic rings. The molecule has 2 atom stereocenters. The van der Waals surface area contributed by atoms with Crippen LogP contribution >= 0.6 is 11.6 Å². The van der Waals surface area contributed by atoms with E-state index in [1.165, 1.54) is 22.0 Å². The van der Waals surface area contributed by atoms with Gasteiger partial charge in [-0.25, -0.2) is 8.42 Å². The molecule has 1 fully saturated rings. The minimum atomic E-state index is -3.64. The Morgan fingerprint density at radius 3 is 2.57 bits per heavy atom. The van der Waals surface area contributed by atoms with Crippen molar-refractivity contribution in [3.8, 4) is 0 Å². The third-order valence-electron chi connectivity index (χ3n) is 5.63. The number of benzene rings is 2. The Labute approximate surface area is 171 Å². The Hall–Kier alpha value is -1.89. The number of piperidine rings is 1. The number of carbonyl (C=O) groups is 1. The van der Waals surface area contributed by atoms with Gasteiger partial charge in [0.05, 0.1) is 10.8 Å². The molecule has 7 heteroatoms. The molecule has 0 unspecified atom stereocenters. The molecular weight excluding hydrogens is 396 g/mol. The summed E-state index contributed by atoms with van der Waals surface area (Å²) in [5.74, 6) is -0.308. The molecule has 1 amide bonds. The van der Waals surface area contributed by atoms with Gasteiger partial charge >= 0.3 is 0 Å². The Morgan fingerprint density at radius 1 is 1.11 bits per heavy atom. The maximum atomic E-state index is 13.3. The van der Waals surface area contributed by atoms with Crippen LogP contribution in [0.25, 0.3) is 0 Å². The fraction of sp³-hybridized carbons (Fsp3) is 0.381. The molecule has 0 aliphatic carbocycles. The number of amides is 1. The van der Waals surface area contributed by atoms with Gasteiger partial charge < -0.3 is 4.90 Å². The van der Waals surface area contributed by atoms with Gasteiger partial charge in [-0.15, -0.1) is 0 Å². The fourth-order valence-electron chi connectivity index (χ4n) is 4.22. The van der Waals surface area contributed by atoms with Crippen LogP contribution in [0.15, 0.2) is 53.4 Å². The molecule has 2 aliphatic rings. The summed E-state index contributed by atoms with van der Waals surface area (Å²) in [5.41, 5.74) is 2.13. The number of rotatable bonds is 3. The van der Waals surface area contributed by atoms with Crippen LogP contribution < -0.4 is 4.90 Å². The van der Waals surface area contributed by atoms with Crippen molar-refractivity contribution >= 4 is 33.2 Å². The normalized spacial score (nSPS) is 22.9. The largest absolute Gasteiger partial charge is 0.309 e. The molecule has 0 N–H and O–H groups in total. The van der Waals surface area contributed by atoms with Crippen LogP contribution in [-0.4, -0.2) is 37.8 Å². The first-order valence-electron chi connectivity index (χ1n) is 9.54. The van der Waals surface area contributed by atoms with Crippen molar-refractivity contribution < 1.29 is 13.2 Å². The molecule has 4 rings (SSSR count). The smallest absolute Gasteiger partial charge is 0.243 e. The maximum absolute atomic E-state index is 13.3. The summed E-state index contributed by atoms with van der Waals surface area (Å²) in [4.78, 5) is 15.4. The fourth-order valence-corrected chi connectivity index (χ4v) is 5.87. The third-order valence-corrected chi connectivity index (χ3v) is 7.76. The minimum absolute atomic E-state index is 0.0217. The highest BCUT2D eigenvalue weighted by atomic mass is 35.5. The van der Waals surface area contributed by atoms with Crippen LogP contribution in [0.2, 0.25) is 5.02 Å². The van der Waals surface area contributed by atoms with Gasteiger partial charge in [0.15, 0.2) is 0 Å².